The molecule has 3 aromatic carbocycles. The number of likely N-dealkylation sites (N-methyl/N-ethyl adjacent to an activating group) is 1. The molecule has 0 aromatic heterocycles. The van der Waals surface area contributed by atoms with Gasteiger partial charge in [0.1, 0.15) is 11.8 Å². The highest BCUT2D eigenvalue weighted by molar-refractivity contribution is 6.36. The van der Waals surface area contributed by atoms with Gasteiger partial charge in [-0.1, -0.05) is 71.7 Å². The minimum atomic E-state index is -0.783. The third kappa shape index (κ3) is 6.52. The summed E-state index contributed by atoms with van der Waals surface area (Å²) in [6, 6.07) is 19.7. The van der Waals surface area contributed by atoms with E-state index in [2.05, 4.69) is 5.32 Å². The van der Waals surface area contributed by atoms with Gasteiger partial charge < -0.3 is 15.0 Å². The SMILES string of the molecule is CNC(=O)[C@H](Cc1ccccc1)N(Cc1c(Cl)cccc1Cl)C(=O)COc1cc(C)ccc1C. The Kier molecular flexibility index (Phi) is 8.97. The molecule has 0 aliphatic carbocycles. The van der Waals surface area contributed by atoms with Crippen LogP contribution in [0, 0.1) is 13.8 Å². The van der Waals surface area contributed by atoms with Crippen LogP contribution in [-0.4, -0.2) is 36.4 Å². The van der Waals surface area contributed by atoms with Crippen LogP contribution in [0.4, 0.5) is 0 Å². The fourth-order valence-corrected chi connectivity index (χ4v) is 4.18. The van der Waals surface area contributed by atoms with Gasteiger partial charge in [0.15, 0.2) is 6.61 Å². The summed E-state index contributed by atoms with van der Waals surface area (Å²) in [6.45, 7) is 3.72. The van der Waals surface area contributed by atoms with Crippen molar-refractivity contribution in [2.45, 2.75) is 32.9 Å². The van der Waals surface area contributed by atoms with Crippen LogP contribution in [-0.2, 0) is 22.6 Å². The van der Waals surface area contributed by atoms with Crippen molar-refractivity contribution < 1.29 is 14.3 Å². The lowest BCUT2D eigenvalue weighted by molar-refractivity contribution is -0.142. The number of nitrogens with one attached hydrogen (secondary N) is 1. The molecule has 0 unspecified atom stereocenters. The number of amides is 2. The average Bonchev–Trinajstić information content (AvgIpc) is 2.83. The Balaban J connectivity index is 1.94. The standard InChI is InChI=1S/C27H28Cl2N2O3/c1-18-12-13-19(2)25(14-18)34-17-26(32)31(16-21-22(28)10-7-11-23(21)29)24(27(33)30-3)15-20-8-5-4-6-9-20/h4-14,24H,15-17H2,1-3H3,(H,30,33)/t24-/m0/s1. The van der Waals surface area contributed by atoms with E-state index < -0.39 is 6.04 Å². The Morgan fingerprint density at radius 3 is 2.29 bits per heavy atom. The number of halogens is 2. The van der Waals surface area contributed by atoms with Crippen LogP contribution in [0.25, 0.3) is 0 Å². The van der Waals surface area contributed by atoms with E-state index >= 15 is 0 Å². The van der Waals surface area contributed by atoms with Crippen LogP contribution in [0.2, 0.25) is 10.0 Å². The van der Waals surface area contributed by atoms with Gasteiger partial charge in [0.2, 0.25) is 5.91 Å². The lowest BCUT2D eigenvalue weighted by Gasteiger charge is -2.31. The molecule has 0 aliphatic heterocycles. The highest BCUT2D eigenvalue weighted by Gasteiger charge is 2.31. The first-order valence-electron chi connectivity index (χ1n) is 11.0. The molecule has 1 N–H and O–H groups in total. The van der Waals surface area contributed by atoms with Crippen LogP contribution >= 0.6 is 23.2 Å². The number of carbonyl (C=O) groups is 2. The third-order valence-corrected chi connectivity index (χ3v) is 6.31. The quantitative estimate of drug-likeness (QED) is 0.431. The molecule has 0 heterocycles. The van der Waals surface area contributed by atoms with Crippen LogP contribution in [0.1, 0.15) is 22.3 Å². The molecule has 0 radical (unpaired) electrons. The summed E-state index contributed by atoms with van der Waals surface area (Å²) in [7, 11) is 1.55. The first-order valence-corrected chi connectivity index (χ1v) is 11.7. The molecule has 0 bridgehead atoms. The molecular formula is C27H28Cl2N2O3. The molecule has 178 valence electrons. The predicted molar refractivity (Wildman–Crippen MR) is 136 cm³/mol. The van der Waals surface area contributed by atoms with E-state index in [1.807, 2.05) is 62.4 Å². The smallest absolute Gasteiger partial charge is 0.261 e. The van der Waals surface area contributed by atoms with E-state index in [4.69, 9.17) is 27.9 Å². The average molecular weight is 499 g/mol. The maximum atomic E-state index is 13.5. The van der Waals surface area contributed by atoms with E-state index in [-0.39, 0.29) is 25.0 Å². The highest BCUT2D eigenvalue weighted by atomic mass is 35.5. The number of carbonyl (C=O) groups excluding carboxylic acids is 2. The van der Waals surface area contributed by atoms with Gasteiger partial charge in [-0.25, -0.2) is 0 Å². The molecule has 3 aromatic rings. The van der Waals surface area contributed by atoms with Gasteiger partial charge in [-0.3, -0.25) is 9.59 Å². The zero-order chi connectivity index (χ0) is 24.7. The molecule has 3 rings (SSSR count). The monoisotopic (exact) mass is 498 g/mol. The number of benzene rings is 3. The van der Waals surface area contributed by atoms with Gasteiger partial charge in [0.05, 0.1) is 0 Å². The number of aryl methyl sites for hydroxylation is 2. The topological polar surface area (TPSA) is 58.6 Å². The lowest BCUT2D eigenvalue weighted by atomic mass is 10.0. The minimum absolute atomic E-state index is 0.0679. The van der Waals surface area contributed by atoms with Crippen LogP contribution in [0.5, 0.6) is 5.75 Å². The molecule has 2 amide bonds. The van der Waals surface area contributed by atoms with Gasteiger partial charge >= 0.3 is 0 Å². The number of rotatable bonds is 9. The lowest BCUT2D eigenvalue weighted by Crippen LogP contribution is -2.51. The molecule has 0 aliphatic rings. The molecule has 1 atom stereocenters. The van der Waals surface area contributed by atoms with Gasteiger partial charge in [0.25, 0.3) is 5.91 Å². The van der Waals surface area contributed by atoms with Crippen molar-refractivity contribution in [3.8, 4) is 5.75 Å². The summed E-state index contributed by atoms with van der Waals surface area (Å²) >= 11 is 12.8. The second-order valence-electron chi connectivity index (χ2n) is 8.10. The Morgan fingerprint density at radius 2 is 1.65 bits per heavy atom. The second kappa shape index (κ2) is 11.9. The van der Waals surface area contributed by atoms with Crippen LogP contribution in [0.3, 0.4) is 0 Å². The summed E-state index contributed by atoms with van der Waals surface area (Å²) in [5.41, 5.74) is 3.45. The summed E-state index contributed by atoms with van der Waals surface area (Å²) in [5.74, 6) is -0.00262. The van der Waals surface area contributed by atoms with Crippen molar-refractivity contribution in [2.24, 2.45) is 0 Å². The van der Waals surface area contributed by atoms with Gasteiger partial charge in [0, 0.05) is 35.6 Å². The Morgan fingerprint density at radius 1 is 0.971 bits per heavy atom. The van der Waals surface area contributed by atoms with Crippen molar-refractivity contribution in [2.75, 3.05) is 13.7 Å². The fourth-order valence-electron chi connectivity index (χ4n) is 3.66. The van der Waals surface area contributed by atoms with Crippen molar-refractivity contribution in [1.29, 1.82) is 0 Å². The van der Waals surface area contributed by atoms with Crippen molar-refractivity contribution in [3.05, 3.63) is 99.0 Å². The Hall–Kier alpha value is -3.02. The number of hydrogen-bond donors (Lipinski definition) is 1. The Bertz CT molecular complexity index is 1130. The molecule has 5 nitrogen and oxygen atoms in total. The van der Waals surface area contributed by atoms with Gasteiger partial charge in [-0.2, -0.15) is 0 Å². The van der Waals surface area contributed by atoms with Crippen LogP contribution < -0.4 is 10.1 Å². The summed E-state index contributed by atoms with van der Waals surface area (Å²) in [6.07, 6.45) is 0.331. The molecule has 34 heavy (non-hydrogen) atoms. The molecule has 0 saturated heterocycles. The maximum absolute atomic E-state index is 13.5. The largest absolute Gasteiger partial charge is 0.483 e. The van der Waals surface area contributed by atoms with Gasteiger partial charge in [-0.15, -0.1) is 0 Å². The normalized spacial score (nSPS) is 11.6. The van der Waals surface area contributed by atoms with E-state index in [0.29, 0.717) is 27.8 Å². The van der Waals surface area contributed by atoms with Crippen LogP contribution in [0.15, 0.2) is 66.7 Å². The van der Waals surface area contributed by atoms with Gasteiger partial charge in [-0.05, 0) is 48.7 Å². The molecular weight excluding hydrogens is 471 g/mol. The number of hydrogen-bond acceptors (Lipinski definition) is 3. The summed E-state index contributed by atoms with van der Waals surface area (Å²) in [5, 5.41) is 3.54. The highest BCUT2D eigenvalue weighted by Crippen LogP contribution is 2.27. The number of ether oxygens (including phenoxy) is 1. The summed E-state index contributed by atoms with van der Waals surface area (Å²) in [4.78, 5) is 28.0. The first-order chi connectivity index (χ1) is 16.3. The molecule has 0 fully saturated rings. The van der Waals surface area contributed by atoms with E-state index in [1.54, 1.807) is 25.2 Å². The second-order valence-corrected chi connectivity index (χ2v) is 8.91. The fraction of sp³-hybridized carbons (Fsp3) is 0.259. The third-order valence-electron chi connectivity index (χ3n) is 5.60. The molecule has 0 saturated carbocycles. The minimum Gasteiger partial charge on any atom is -0.483 e. The Labute approximate surface area is 210 Å². The van der Waals surface area contributed by atoms with E-state index in [1.165, 1.54) is 4.90 Å². The van der Waals surface area contributed by atoms with Crippen molar-refractivity contribution in [1.82, 2.24) is 10.2 Å². The first kappa shape index (κ1) is 25.6. The van der Waals surface area contributed by atoms with Crippen molar-refractivity contribution in [3.63, 3.8) is 0 Å². The number of nitrogens with zero attached hydrogens (tertiary/aromatic N) is 1. The van der Waals surface area contributed by atoms with E-state index in [9.17, 15) is 9.59 Å². The zero-order valence-corrected chi connectivity index (χ0v) is 21.0. The summed E-state index contributed by atoms with van der Waals surface area (Å²) < 4.78 is 5.88. The molecule has 0 spiro atoms. The zero-order valence-electron chi connectivity index (χ0n) is 19.5. The van der Waals surface area contributed by atoms with E-state index in [0.717, 1.165) is 16.7 Å². The predicted octanol–water partition coefficient (Wildman–Crippen LogP) is 5.38. The molecule has 7 heteroatoms. The van der Waals surface area contributed by atoms with Crippen molar-refractivity contribution >= 4 is 35.0 Å². The maximum Gasteiger partial charge on any atom is 0.261 e.